The highest BCUT2D eigenvalue weighted by molar-refractivity contribution is 5.82. The lowest BCUT2D eigenvalue weighted by Crippen LogP contribution is -2.52. The van der Waals surface area contributed by atoms with Crippen LogP contribution in [0.15, 0.2) is 21.9 Å². The van der Waals surface area contributed by atoms with E-state index in [1.807, 2.05) is 4.98 Å². The van der Waals surface area contributed by atoms with Crippen LogP contribution in [0.5, 0.6) is 0 Å². The smallest absolute Gasteiger partial charge is 0.394 e. The van der Waals surface area contributed by atoms with Crippen molar-refractivity contribution in [2.75, 3.05) is 6.61 Å². The third kappa shape index (κ3) is 3.43. The van der Waals surface area contributed by atoms with Crippen molar-refractivity contribution in [1.29, 1.82) is 0 Å². The summed E-state index contributed by atoms with van der Waals surface area (Å²) in [4.78, 5) is 35.6. The van der Waals surface area contributed by atoms with Crippen molar-refractivity contribution in [2.24, 2.45) is 0 Å². The molecule has 1 aromatic rings. The van der Waals surface area contributed by atoms with Crippen LogP contribution in [-0.4, -0.2) is 56.7 Å². The number of halogens is 3. The predicted molar refractivity (Wildman–Crippen MR) is 66.3 cm³/mol. The molecule has 1 aromatic heterocycles. The number of amides is 1. The Hall–Kier alpha value is -2.18. The second-order valence-corrected chi connectivity index (χ2v) is 4.75. The van der Waals surface area contributed by atoms with Crippen LogP contribution in [0.2, 0.25) is 0 Å². The van der Waals surface area contributed by atoms with E-state index in [2.05, 4.69) is 0 Å². The summed E-state index contributed by atoms with van der Waals surface area (Å²) in [6.07, 6.45) is -8.84. The van der Waals surface area contributed by atoms with Gasteiger partial charge in [0.05, 0.1) is 6.61 Å². The first kappa shape index (κ1) is 17.2. The number of alkyl halides is 3. The van der Waals surface area contributed by atoms with Crippen LogP contribution in [-0.2, 0) is 9.53 Å². The molecule has 0 saturated carbocycles. The van der Waals surface area contributed by atoms with E-state index >= 15 is 0 Å². The molecule has 0 aliphatic carbocycles. The minimum atomic E-state index is -5.21. The third-order valence-corrected chi connectivity index (χ3v) is 3.23. The highest BCUT2D eigenvalue weighted by Crippen LogP contribution is 2.29. The molecule has 0 radical (unpaired) electrons. The van der Waals surface area contributed by atoms with E-state index in [1.165, 1.54) is 5.32 Å². The third-order valence-electron chi connectivity index (χ3n) is 3.23. The fourth-order valence-corrected chi connectivity index (χ4v) is 2.15. The second kappa shape index (κ2) is 6.14. The van der Waals surface area contributed by atoms with Gasteiger partial charge in [0.1, 0.15) is 18.2 Å². The Kier molecular flexibility index (Phi) is 4.58. The van der Waals surface area contributed by atoms with Crippen LogP contribution in [0, 0.1) is 0 Å². The molecule has 12 heteroatoms. The molecule has 1 saturated heterocycles. The van der Waals surface area contributed by atoms with Crippen LogP contribution in [0.25, 0.3) is 0 Å². The Morgan fingerprint density at radius 3 is 2.61 bits per heavy atom. The molecule has 23 heavy (non-hydrogen) atoms. The Morgan fingerprint density at radius 2 is 2.09 bits per heavy atom. The summed E-state index contributed by atoms with van der Waals surface area (Å²) in [6, 6.07) is -0.753. The molecular formula is C11H12F3N3O6. The van der Waals surface area contributed by atoms with Crippen LogP contribution in [0.4, 0.5) is 13.2 Å². The molecule has 1 aliphatic heterocycles. The largest absolute Gasteiger partial charge is 0.471 e. The zero-order chi connectivity index (χ0) is 17.4. The van der Waals surface area contributed by atoms with Crippen molar-refractivity contribution in [2.45, 2.75) is 30.7 Å². The highest BCUT2D eigenvalue weighted by Gasteiger charge is 2.49. The molecule has 2 rings (SSSR count). The van der Waals surface area contributed by atoms with E-state index in [1.54, 1.807) is 0 Å². The fraction of sp³-hybridized carbons (Fsp3) is 0.545. The first-order valence-electron chi connectivity index (χ1n) is 6.28. The maximum absolute atomic E-state index is 12.4. The van der Waals surface area contributed by atoms with Gasteiger partial charge in [-0.05, 0) is 0 Å². The quantitative estimate of drug-likeness (QED) is 0.495. The molecular weight excluding hydrogens is 327 g/mol. The molecule has 0 aromatic carbocycles. The molecule has 1 aliphatic rings. The van der Waals surface area contributed by atoms with Gasteiger partial charge in [-0.2, -0.15) is 13.2 Å². The number of nitrogens with one attached hydrogen (secondary N) is 2. The number of rotatable bonds is 3. The minimum Gasteiger partial charge on any atom is -0.394 e. The summed E-state index contributed by atoms with van der Waals surface area (Å²) < 4.78 is 42.9. The van der Waals surface area contributed by atoms with E-state index in [-0.39, 0.29) is 0 Å². The average molecular weight is 339 g/mol. The van der Waals surface area contributed by atoms with Gasteiger partial charge in [-0.3, -0.25) is 19.1 Å². The van der Waals surface area contributed by atoms with Crippen molar-refractivity contribution in [3.8, 4) is 0 Å². The lowest BCUT2D eigenvalue weighted by atomic mass is 10.1. The van der Waals surface area contributed by atoms with Gasteiger partial charge in [0.15, 0.2) is 6.23 Å². The molecule has 4 atom stereocenters. The molecule has 4 N–H and O–H groups in total. The highest BCUT2D eigenvalue weighted by atomic mass is 19.4. The summed E-state index contributed by atoms with van der Waals surface area (Å²) >= 11 is 0. The van der Waals surface area contributed by atoms with Crippen molar-refractivity contribution < 1.29 is 32.9 Å². The molecule has 0 unspecified atom stereocenters. The standard InChI is InChI=1S/C11H12F3N3O6/c12-11(13,14)9(21)16-6-7(20)4(3-18)23-8(6)17-2-1-5(19)15-10(17)22/h1-2,4,6-8,18,20H,3H2,(H,16,21)(H,15,19,22)/t4-,6-,7+,8-/m1/s1. The Morgan fingerprint density at radius 1 is 1.43 bits per heavy atom. The van der Waals surface area contributed by atoms with E-state index in [0.29, 0.717) is 4.57 Å². The number of carbonyl (C=O) groups is 1. The van der Waals surface area contributed by atoms with Gasteiger partial charge in [-0.1, -0.05) is 0 Å². The number of aliphatic hydroxyl groups excluding tert-OH is 2. The van der Waals surface area contributed by atoms with Gasteiger partial charge in [-0.25, -0.2) is 4.79 Å². The topological polar surface area (TPSA) is 134 Å². The van der Waals surface area contributed by atoms with Crippen molar-refractivity contribution >= 4 is 5.91 Å². The lowest BCUT2D eigenvalue weighted by molar-refractivity contribution is -0.175. The summed E-state index contributed by atoms with van der Waals surface area (Å²) in [5.74, 6) is -2.34. The number of nitrogens with zero attached hydrogens (tertiary/aromatic N) is 1. The Balaban J connectivity index is 2.37. The SMILES string of the molecule is O=C(N[C@@H]1[C@@H](O)[C@@H](CO)O[C@H]1n1ccc(=O)[nH]c1=O)C(F)(F)F. The first-order valence-corrected chi connectivity index (χ1v) is 6.28. The number of aromatic nitrogens is 2. The average Bonchev–Trinajstić information content (AvgIpc) is 2.75. The molecule has 0 bridgehead atoms. The Labute approximate surface area is 125 Å². The zero-order valence-corrected chi connectivity index (χ0v) is 11.3. The van der Waals surface area contributed by atoms with E-state index in [4.69, 9.17) is 9.84 Å². The summed E-state index contributed by atoms with van der Waals surface area (Å²) in [5, 5.41) is 20.5. The lowest BCUT2D eigenvalue weighted by Gasteiger charge is -2.23. The summed E-state index contributed by atoms with van der Waals surface area (Å²) in [6.45, 7) is -0.756. The monoisotopic (exact) mass is 339 g/mol. The van der Waals surface area contributed by atoms with Gasteiger partial charge in [0.2, 0.25) is 0 Å². The maximum atomic E-state index is 12.4. The number of aliphatic hydroxyl groups is 2. The van der Waals surface area contributed by atoms with E-state index < -0.39 is 54.4 Å². The Bertz CT molecular complexity index is 699. The van der Waals surface area contributed by atoms with Gasteiger partial charge < -0.3 is 20.3 Å². The van der Waals surface area contributed by atoms with Crippen molar-refractivity contribution in [3.05, 3.63) is 33.1 Å². The number of hydrogen-bond acceptors (Lipinski definition) is 6. The minimum absolute atomic E-state index is 0.696. The molecule has 0 spiro atoms. The zero-order valence-electron chi connectivity index (χ0n) is 11.3. The van der Waals surface area contributed by atoms with Crippen LogP contribution in [0.1, 0.15) is 6.23 Å². The summed E-state index contributed by atoms with van der Waals surface area (Å²) in [5.41, 5.74) is -1.76. The maximum Gasteiger partial charge on any atom is 0.471 e. The van der Waals surface area contributed by atoms with Gasteiger partial charge in [0, 0.05) is 12.3 Å². The normalized spacial score (nSPS) is 27.9. The number of hydrogen-bond donors (Lipinski definition) is 4. The van der Waals surface area contributed by atoms with Crippen LogP contribution >= 0.6 is 0 Å². The number of carbonyl (C=O) groups excluding carboxylic acids is 1. The van der Waals surface area contributed by atoms with E-state index in [9.17, 15) is 32.7 Å². The molecule has 1 fully saturated rings. The molecule has 9 nitrogen and oxygen atoms in total. The molecule has 2 heterocycles. The van der Waals surface area contributed by atoms with Crippen molar-refractivity contribution in [1.82, 2.24) is 14.9 Å². The van der Waals surface area contributed by atoms with Gasteiger partial charge in [0.25, 0.3) is 5.56 Å². The number of ether oxygens (including phenoxy) is 1. The summed E-state index contributed by atoms with van der Waals surface area (Å²) in [7, 11) is 0. The van der Waals surface area contributed by atoms with Gasteiger partial charge in [-0.15, -0.1) is 0 Å². The predicted octanol–water partition coefficient (Wildman–Crippen LogP) is -2.17. The molecule has 128 valence electrons. The first-order chi connectivity index (χ1) is 10.6. The van der Waals surface area contributed by atoms with Crippen molar-refractivity contribution in [3.63, 3.8) is 0 Å². The van der Waals surface area contributed by atoms with Crippen LogP contribution in [0.3, 0.4) is 0 Å². The number of aromatic amines is 1. The van der Waals surface area contributed by atoms with Gasteiger partial charge >= 0.3 is 17.8 Å². The molecule has 1 amide bonds. The van der Waals surface area contributed by atoms with Crippen LogP contribution < -0.4 is 16.6 Å². The number of H-pyrrole nitrogens is 1. The second-order valence-electron chi connectivity index (χ2n) is 4.75. The van der Waals surface area contributed by atoms with E-state index in [0.717, 1.165) is 12.3 Å². The fourth-order valence-electron chi connectivity index (χ4n) is 2.15.